The van der Waals surface area contributed by atoms with Crippen LogP contribution < -0.4 is 5.32 Å². The molecule has 2 atom stereocenters. The molecule has 1 aromatic heterocycles. The number of rotatable bonds is 4. The number of carbonyl (C=O) groups excluding carboxylic acids is 1. The van der Waals surface area contributed by atoms with Crippen molar-refractivity contribution in [1.29, 1.82) is 0 Å². The van der Waals surface area contributed by atoms with Gasteiger partial charge in [0.1, 0.15) is 5.69 Å². The van der Waals surface area contributed by atoms with Gasteiger partial charge in [-0.05, 0) is 41.7 Å². The summed E-state index contributed by atoms with van der Waals surface area (Å²) in [6.45, 7) is 2.02. The van der Waals surface area contributed by atoms with Crippen molar-refractivity contribution in [2.75, 3.05) is 0 Å². The van der Waals surface area contributed by atoms with Crippen molar-refractivity contribution < 1.29 is 14.7 Å². The summed E-state index contributed by atoms with van der Waals surface area (Å²) in [5, 5.41) is 12.3. The number of benzene rings is 1. The second-order valence-corrected chi connectivity index (χ2v) is 5.68. The van der Waals surface area contributed by atoms with Crippen LogP contribution in [0.1, 0.15) is 52.5 Å². The molecule has 2 unspecified atom stereocenters. The molecule has 0 saturated heterocycles. The zero-order chi connectivity index (χ0) is 16.4. The van der Waals surface area contributed by atoms with Crippen LogP contribution in [0.5, 0.6) is 0 Å². The SMILES string of the molecule is CCc1ccnc(C(=O)NC2CC(C(=O)O)c3ccccc32)c1. The van der Waals surface area contributed by atoms with E-state index in [0.717, 1.165) is 23.1 Å². The number of hydrogen-bond acceptors (Lipinski definition) is 3. The molecule has 118 valence electrons. The van der Waals surface area contributed by atoms with Crippen LogP contribution in [0.25, 0.3) is 0 Å². The van der Waals surface area contributed by atoms with E-state index >= 15 is 0 Å². The molecule has 0 fully saturated rings. The van der Waals surface area contributed by atoms with E-state index in [2.05, 4.69) is 10.3 Å². The number of aryl methyl sites for hydroxylation is 1. The zero-order valence-corrected chi connectivity index (χ0v) is 12.8. The molecule has 2 N–H and O–H groups in total. The Hall–Kier alpha value is -2.69. The van der Waals surface area contributed by atoms with E-state index < -0.39 is 11.9 Å². The monoisotopic (exact) mass is 310 g/mol. The third-order valence-electron chi connectivity index (χ3n) is 4.29. The fraction of sp³-hybridized carbons (Fsp3) is 0.278. The minimum absolute atomic E-state index is 0.272. The highest BCUT2D eigenvalue weighted by Crippen LogP contribution is 2.40. The van der Waals surface area contributed by atoms with E-state index in [1.807, 2.05) is 37.3 Å². The third-order valence-corrected chi connectivity index (χ3v) is 4.29. The Kier molecular flexibility index (Phi) is 4.10. The first-order valence-corrected chi connectivity index (χ1v) is 7.67. The molecule has 0 bridgehead atoms. The van der Waals surface area contributed by atoms with Gasteiger partial charge in [0.15, 0.2) is 0 Å². The number of nitrogens with one attached hydrogen (secondary N) is 1. The zero-order valence-electron chi connectivity index (χ0n) is 12.8. The lowest BCUT2D eigenvalue weighted by atomic mass is 10.0. The van der Waals surface area contributed by atoms with Gasteiger partial charge in [-0.3, -0.25) is 14.6 Å². The number of carbonyl (C=O) groups is 2. The maximum absolute atomic E-state index is 12.4. The summed E-state index contributed by atoms with van der Waals surface area (Å²) >= 11 is 0. The van der Waals surface area contributed by atoms with Crippen LogP contribution in [0.4, 0.5) is 0 Å². The van der Waals surface area contributed by atoms with Crippen LogP contribution in [0.15, 0.2) is 42.6 Å². The van der Waals surface area contributed by atoms with Crippen LogP contribution >= 0.6 is 0 Å². The number of fused-ring (bicyclic) bond motifs is 1. The van der Waals surface area contributed by atoms with Crippen molar-refractivity contribution in [3.05, 3.63) is 65.0 Å². The minimum atomic E-state index is -0.861. The number of aromatic nitrogens is 1. The molecule has 0 radical (unpaired) electrons. The summed E-state index contributed by atoms with van der Waals surface area (Å²) in [6, 6.07) is 10.7. The Morgan fingerprint density at radius 1 is 1.26 bits per heavy atom. The Morgan fingerprint density at radius 3 is 2.70 bits per heavy atom. The van der Waals surface area contributed by atoms with E-state index in [1.54, 1.807) is 12.3 Å². The molecule has 1 aliphatic carbocycles. The predicted octanol–water partition coefficient (Wildman–Crippen LogP) is 2.69. The normalized spacial score (nSPS) is 19.2. The lowest BCUT2D eigenvalue weighted by Crippen LogP contribution is -2.28. The van der Waals surface area contributed by atoms with Crippen LogP contribution in [-0.4, -0.2) is 22.0 Å². The van der Waals surface area contributed by atoms with Gasteiger partial charge in [0.2, 0.25) is 0 Å². The molecule has 23 heavy (non-hydrogen) atoms. The fourth-order valence-electron chi connectivity index (χ4n) is 3.06. The topological polar surface area (TPSA) is 79.3 Å². The molecule has 5 nitrogen and oxygen atoms in total. The van der Waals surface area contributed by atoms with E-state index in [1.165, 1.54) is 0 Å². The number of amides is 1. The van der Waals surface area contributed by atoms with Gasteiger partial charge in [-0.2, -0.15) is 0 Å². The molecule has 5 heteroatoms. The summed E-state index contributed by atoms with van der Waals surface area (Å²) in [6.07, 6.45) is 2.82. The van der Waals surface area contributed by atoms with Crippen LogP contribution in [0.3, 0.4) is 0 Å². The Morgan fingerprint density at radius 2 is 2.00 bits per heavy atom. The van der Waals surface area contributed by atoms with Crippen molar-refractivity contribution in [2.24, 2.45) is 0 Å². The fourth-order valence-corrected chi connectivity index (χ4v) is 3.06. The van der Waals surface area contributed by atoms with Gasteiger partial charge in [-0.1, -0.05) is 31.2 Å². The van der Waals surface area contributed by atoms with E-state index in [0.29, 0.717) is 12.1 Å². The second kappa shape index (κ2) is 6.20. The molecule has 0 saturated carbocycles. The van der Waals surface area contributed by atoms with Gasteiger partial charge in [0.25, 0.3) is 5.91 Å². The van der Waals surface area contributed by atoms with Crippen molar-refractivity contribution in [2.45, 2.75) is 31.7 Å². The summed E-state index contributed by atoms with van der Waals surface area (Å²) < 4.78 is 0. The minimum Gasteiger partial charge on any atom is -0.481 e. The molecule has 3 rings (SSSR count). The number of pyridine rings is 1. The Bertz CT molecular complexity index is 757. The number of carboxylic acids is 1. The first-order chi connectivity index (χ1) is 11.1. The maximum atomic E-state index is 12.4. The van der Waals surface area contributed by atoms with Gasteiger partial charge in [-0.15, -0.1) is 0 Å². The van der Waals surface area contributed by atoms with Gasteiger partial charge in [0.05, 0.1) is 12.0 Å². The molecule has 1 amide bonds. The first kappa shape index (κ1) is 15.2. The van der Waals surface area contributed by atoms with Crippen LogP contribution in [0.2, 0.25) is 0 Å². The van der Waals surface area contributed by atoms with Crippen molar-refractivity contribution in [3.8, 4) is 0 Å². The predicted molar refractivity (Wildman–Crippen MR) is 85.3 cm³/mol. The molecule has 1 aliphatic rings. The van der Waals surface area contributed by atoms with Crippen molar-refractivity contribution >= 4 is 11.9 Å². The summed E-state index contributed by atoms with van der Waals surface area (Å²) in [7, 11) is 0. The van der Waals surface area contributed by atoms with Gasteiger partial charge in [0, 0.05) is 6.20 Å². The number of carboxylic acid groups (broad SMARTS) is 1. The number of hydrogen-bond donors (Lipinski definition) is 2. The lowest BCUT2D eigenvalue weighted by Gasteiger charge is -2.14. The van der Waals surface area contributed by atoms with Gasteiger partial charge >= 0.3 is 5.97 Å². The smallest absolute Gasteiger partial charge is 0.311 e. The van der Waals surface area contributed by atoms with Crippen LogP contribution in [-0.2, 0) is 11.2 Å². The van der Waals surface area contributed by atoms with Gasteiger partial charge < -0.3 is 10.4 Å². The highest BCUT2D eigenvalue weighted by molar-refractivity contribution is 5.93. The van der Waals surface area contributed by atoms with Crippen molar-refractivity contribution in [1.82, 2.24) is 10.3 Å². The first-order valence-electron chi connectivity index (χ1n) is 7.67. The van der Waals surface area contributed by atoms with Crippen molar-refractivity contribution in [3.63, 3.8) is 0 Å². The molecule has 1 heterocycles. The average molecular weight is 310 g/mol. The highest BCUT2D eigenvalue weighted by Gasteiger charge is 2.36. The largest absolute Gasteiger partial charge is 0.481 e. The number of aliphatic carboxylic acids is 1. The van der Waals surface area contributed by atoms with E-state index in [9.17, 15) is 14.7 Å². The Balaban J connectivity index is 1.83. The number of nitrogens with zero attached hydrogens (tertiary/aromatic N) is 1. The second-order valence-electron chi connectivity index (χ2n) is 5.68. The van der Waals surface area contributed by atoms with E-state index in [-0.39, 0.29) is 11.9 Å². The maximum Gasteiger partial charge on any atom is 0.311 e. The van der Waals surface area contributed by atoms with Gasteiger partial charge in [-0.25, -0.2) is 0 Å². The summed E-state index contributed by atoms with van der Waals surface area (Å²) in [5.74, 6) is -1.71. The van der Waals surface area contributed by atoms with E-state index in [4.69, 9.17) is 0 Å². The quantitative estimate of drug-likeness (QED) is 0.910. The standard InChI is InChI=1S/C18H18N2O3/c1-2-11-7-8-19-16(9-11)17(21)20-15-10-14(18(22)23)12-5-3-4-6-13(12)15/h3-9,14-15H,2,10H2,1H3,(H,20,21)(H,22,23). The molecule has 0 aliphatic heterocycles. The average Bonchev–Trinajstić information content (AvgIpc) is 2.94. The molecule has 1 aromatic carbocycles. The molecule has 0 spiro atoms. The summed E-state index contributed by atoms with van der Waals surface area (Å²) in [5.41, 5.74) is 3.06. The molecule has 2 aromatic rings. The highest BCUT2D eigenvalue weighted by atomic mass is 16.4. The molecular weight excluding hydrogens is 292 g/mol. The van der Waals surface area contributed by atoms with Crippen LogP contribution in [0, 0.1) is 0 Å². The lowest BCUT2D eigenvalue weighted by molar-refractivity contribution is -0.138. The third kappa shape index (κ3) is 2.95. The summed E-state index contributed by atoms with van der Waals surface area (Å²) in [4.78, 5) is 28.0. The Labute approximate surface area is 134 Å². The molecular formula is C18H18N2O3.